The van der Waals surface area contributed by atoms with Gasteiger partial charge in [-0.05, 0) is 40.3 Å². The third-order valence-electron chi connectivity index (χ3n) is 3.97. The predicted octanol–water partition coefficient (Wildman–Crippen LogP) is 5.44. The van der Waals surface area contributed by atoms with Gasteiger partial charge in [0.1, 0.15) is 0 Å². The van der Waals surface area contributed by atoms with Crippen LogP contribution in [0.25, 0.3) is 16.3 Å². The zero-order valence-electron chi connectivity index (χ0n) is 11.3. The molecule has 0 radical (unpaired) electrons. The Kier molecular flexibility index (Phi) is 2.67. The Hall–Kier alpha value is -2.34. The molecule has 0 aliphatic heterocycles. The minimum Gasteiger partial charge on any atom is -0.0622 e. The quantitative estimate of drug-likeness (QED) is 0.573. The van der Waals surface area contributed by atoms with Crippen LogP contribution in [0, 0.1) is 0 Å². The Morgan fingerprint density at radius 2 is 1.35 bits per heavy atom. The van der Waals surface area contributed by atoms with Crippen molar-refractivity contribution in [3.05, 3.63) is 89.5 Å². The highest BCUT2D eigenvalue weighted by molar-refractivity contribution is 5.99. The fourth-order valence-corrected chi connectivity index (χ4v) is 2.91. The first-order chi connectivity index (χ1) is 9.93. The van der Waals surface area contributed by atoms with Crippen LogP contribution in [0.2, 0.25) is 0 Å². The Morgan fingerprint density at radius 3 is 2.15 bits per heavy atom. The van der Waals surface area contributed by atoms with Crippen molar-refractivity contribution in [2.45, 2.75) is 12.8 Å². The van der Waals surface area contributed by atoms with Gasteiger partial charge in [-0.15, -0.1) is 0 Å². The van der Waals surface area contributed by atoms with Crippen LogP contribution in [-0.2, 0) is 0 Å². The van der Waals surface area contributed by atoms with Crippen molar-refractivity contribution in [2.24, 2.45) is 0 Å². The maximum Gasteiger partial charge on any atom is -0.00998 e. The van der Waals surface area contributed by atoms with Crippen molar-refractivity contribution >= 4 is 16.3 Å². The molecule has 1 fully saturated rings. The lowest BCUT2D eigenvalue weighted by Crippen LogP contribution is -1.90. The summed E-state index contributed by atoms with van der Waals surface area (Å²) in [6.45, 7) is 0. The number of rotatable bonds is 2. The number of allylic oxidation sites excluding steroid dienone is 1. The summed E-state index contributed by atoms with van der Waals surface area (Å²) >= 11 is 0. The lowest BCUT2D eigenvalue weighted by atomic mass is 9.92. The second kappa shape index (κ2) is 4.64. The van der Waals surface area contributed by atoms with Gasteiger partial charge < -0.3 is 0 Å². The third-order valence-corrected chi connectivity index (χ3v) is 3.97. The molecule has 0 nitrogen and oxygen atoms in total. The van der Waals surface area contributed by atoms with Gasteiger partial charge in [0.15, 0.2) is 0 Å². The van der Waals surface area contributed by atoms with Gasteiger partial charge in [0.25, 0.3) is 0 Å². The third kappa shape index (κ3) is 1.94. The molecule has 3 aromatic rings. The molecule has 0 aromatic heterocycles. The van der Waals surface area contributed by atoms with E-state index in [2.05, 4.69) is 72.8 Å². The van der Waals surface area contributed by atoms with E-state index in [-0.39, 0.29) is 0 Å². The Morgan fingerprint density at radius 1 is 0.650 bits per heavy atom. The first kappa shape index (κ1) is 11.5. The van der Waals surface area contributed by atoms with Crippen molar-refractivity contribution in [3.63, 3.8) is 0 Å². The topological polar surface area (TPSA) is 0 Å². The van der Waals surface area contributed by atoms with Crippen LogP contribution in [0.15, 0.2) is 78.4 Å². The molecule has 4 rings (SSSR count). The van der Waals surface area contributed by atoms with Crippen LogP contribution >= 0.6 is 0 Å². The normalized spacial score (nSPS) is 13.5. The first-order valence-electron chi connectivity index (χ1n) is 7.19. The van der Waals surface area contributed by atoms with Crippen molar-refractivity contribution in [1.29, 1.82) is 0 Å². The predicted molar refractivity (Wildman–Crippen MR) is 85.6 cm³/mol. The molecule has 0 N–H and O–H groups in total. The van der Waals surface area contributed by atoms with E-state index in [9.17, 15) is 0 Å². The van der Waals surface area contributed by atoms with Gasteiger partial charge in [0, 0.05) is 0 Å². The van der Waals surface area contributed by atoms with Crippen LogP contribution in [0.4, 0.5) is 0 Å². The average Bonchev–Trinajstić information content (AvgIpc) is 3.34. The molecule has 0 saturated heterocycles. The molecular formula is C20H16. The van der Waals surface area contributed by atoms with E-state index in [0.29, 0.717) is 0 Å². The molecule has 96 valence electrons. The standard InChI is InChI=1S/C20H16/c1-2-8-16(9-3-1)20(17-13-14-17)19-12-6-10-15-7-4-5-11-18(15)19/h1-12H,13-14H2. The smallest absolute Gasteiger partial charge is 0.00998 e. The Balaban J connectivity index is 2.00. The molecule has 0 spiro atoms. The molecule has 0 bridgehead atoms. The molecule has 0 amide bonds. The molecule has 1 aliphatic carbocycles. The largest absolute Gasteiger partial charge is 0.0622 e. The van der Waals surface area contributed by atoms with Gasteiger partial charge in [-0.2, -0.15) is 0 Å². The van der Waals surface area contributed by atoms with Crippen molar-refractivity contribution in [3.8, 4) is 0 Å². The van der Waals surface area contributed by atoms with E-state index in [1.54, 1.807) is 5.57 Å². The average molecular weight is 256 g/mol. The van der Waals surface area contributed by atoms with Gasteiger partial charge in [0.05, 0.1) is 0 Å². The van der Waals surface area contributed by atoms with Crippen LogP contribution in [-0.4, -0.2) is 0 Å². The maximum atomic E-state index is 2.26. The second-order valence-corrected chi connectivity index (χ2v) is 5.37. The minimum atomic E-state index is 1.24. The molecular weight excluding hydrogens is 240 g/mol. The number of hydrogen-bond acceptors (Lipinski definition) is 0. The highest BCUT2D eigenvalue weighted by Gasteiger charge is 2.21. The van der Waals surface area contributed by atoms with Crippen LogP contribution in [0.3, 0.4) is 0 Å². The van der Waals surface area contributed by atoms with Crippen LogP contribution in [0.5, 0.6) is 0 Å². The summed E-state index contributed by atoms with van der Waals surface area (Å²) in [5, 5.41) is 2.67. The Labute approximate surface area is 119 Å². The molecule has 0 atom stereocenters. The monoisotopic (exact) mass is 256 g/mol. The van der Waals surface area contributed by atoms with Gasteiger partial charge in [-0.3, -0.25) is 0 Å². The van der Waals surface area contributed by atoms with Crippen molar-refractivity contribution < 1.29 is 0 Å². The molecule has 0 unspecified atom stereocenters. The summed E-state index contributed by atoms with van der Waals surface area (Å²) < 4.78 is 0. The summed E-state index contributed by atoms with van der Waals surface area (Å²) in [6.07, 6.45) is 2.49. The lowest BCUT2D eigenvalue weighted by molar-refractivity contribution is 1.50. The molecule has 0 heterocycles. The van der Waals surface area contributed by atoms with E-state index >= 15 is 0 Å². The fourth-order valence-electron chi connectivity index (χ4n) is 2.91. The Bertz CT molecular complexity index is 783. The van der Waals surface area contributed by atoms with Crippen molar-refractivity contribution in [2.75, 3.05) is 0 Å². The van der Waals surface area contributed by atoms with E-state index in [0.717, 1.165) is 0 Å². The molecule has 3 aromatic carbocycles. The molecule has 1 saturated carbocycles. The van der Waals surface area contributed by atoms with E-state index in [4.69, 9.17) is 0 Å². The first-order valence-corrected chi connectivity index (χ1v) is 7.19. The van der Waals surface area contributed by atoms with E-state index < -0.39 is 0 Å². The SMILES string of the molecule is c1ccc(C(=C2CC2)c2cccc3ccccc23)cc1. The van der Waals surface area contributed by atoms with Gasteiger partial charge in [-0.1, -0.05) is 78.4 Å². The van der Waals surface area contributed by atoms with Gasteiger partial charge in [-0.25, -0.2) is 0 Å². The summed E-state index contributed by atoms with van der Waals surface area (Å²) in [5.74, 6) is 0. The van der Waals surface area contributed by atoms with E-state index in [1.165, 1.54) is 40.3 Å². The van der Waals surface area contributed by atoms with Crippen LogP contribution < -0.4 is 0 Å². The molecule has 1 aliphatic rings. The van der Waals surface area contributed by atoms with Gasteiger partial charge >= 0.3 is 0 Å². The van der Waals surface area contributed by atoms with E-state index in [1.807, 2.05) is 0 Å². The number of hydrogen-bond donors (Lipinski definition) is 0. The van der Waals surface area contributed by atoms with Gasteiger partial charge in [0.2, 0.25) is 0 Å². The highest BCUT2D eigenvalue weighted by atomic mass is 14.2. The number of fused-ring (bicyclic) bond motifs is 1. The maximum absolute atomic E-state index is 2.26. The zero-order chi connectivity index (χ0) is 13.4. The summed E-state index contributed by atoms with van der Waals surface area (Å²) in [6, 6.07) is 26.1. The van der Waals surface area contributed by atoms with Crippen LogP contribution in [0.1, 0.15) is 24.0 Å². The summed E-state index contributed by atoms with van der Waals surface area (Å²) in [7, 11) is 0. The fraction of sp³-hybridized carbons (Fsp3) is 0.100. The zero-order valence-corrected chi connectivity index (χ0v) is 11.3. The number of benzene rings is 3. The lowest BCUT2D eigenvalue weighted by Gasteiger charge is -2.11. The second-order valence-electron chi connectivity index (χ2n) is 5.37. The van der Waals surface area contributed by atoms with Crippen molar-refractivity contribution in [1.82, 2.24) is 0 Å². The molecule has 20 heavy (non-hydrogen) atoms. The highest BCUT2D eigenvalue weighted by Crippen LogP contribution is 2.41. The minimum absolute atomic E-state index is 1.24. The summed E-state index contributed by atoms with van der Waals surface area (Å²) in [4.78, 5) is 0. The summed E-state index contributed by atoms with van der Waals surface area (Å²) in [5.41, 5.74) is 5.76. The molecule has 0 heteroatoms.